The molecule has 8 heteroatoms. The van der Waals surface area contributed by atoms with Crippen molar-refractivity contribution >= 4 is 46.3 Å². The Balaban J connectivity index is 1.95. The molecule has 0 N–H and O–H groups in total. The minimum absolute atomic E-state index is 0.0344. The van der Waals surface area contributed by atoms with Crippen molar-refractivity contribution in [1.82, 2.24) is 0 Å². The molecule has 1 amide bonds. The fourth-order valence-electron chi connectivity index (χ4n) is 4.70. The summed E-state index contributed by atoms with van der Waals surface area (Å²) in [5.41, 5.74) is 2.53. The minimum Gasteiger partial charge on any atom is -0.294 e. The average molecular weight is 473 g/mol. The number of hydrogen-bond acceptors (Lipinski definition) is 4. The summed E-state index contributed by atoms with van der Waals surface area (Å²) in [6.07, 6.45) is 0.877. The van der Waals surface area contributed by atoms with Gasteiger partial charge in [0.05, 0.1) is 10.6 Å². The maximum absolute atomic E-state index is 13.5. The van der Waals surface area contributed by atoms with Crippen molar-refractivity contribution in [2.45, 2.75) is 46.0 Å². The van der Waals surface area contributed by atoms with Gasteiger partial charge in [0.15, 0.2) is 5.78 Å². The maximum atomic E-state index is 13.5. The molecule has 0 bridgehead atoms. The molecule has 2 aliphatic rings. The zero-order chi connectivity index (χ0) is 23.4. The first-order chi connectivity index (χ1) is 15.0. The molecule has 6 nitrogen and oxygen atoms in total. The zero-order valence-corrected chi connectivity index (χ0v) is 19.5. The number of halogens is 2. The largest absolute Gasteiger partial charge is 0.294 e. The summed E-state index contributed by atoms with van der Waals surface area (Å²) in [4.78, 5) is 39.3. The lowest BCUT2D eigenvalue weighted by Crippen LogP contribution is -2.44. The predicted octanol–water partition coefficient (Wildman–Crippen LogP) is 6.37. The van der Waals surface area contributed by atoms with Crippen LogP contribution in [0.2, 0.25) is 10.0 Å². The lowest BCUT2D eigenvalue weighted by Gasteiger charge is -2.43. The maximum Gasteiger partial charge on any atom is 0.271 e. The van der Waals surface area contributed by atoms with Crippen LogP contribution in [0.5, 0.6) is 0 Å². The van der Waals surface area contributed by atoms with Gasteiger partial charge < -0.3 is 0 Å². The molecule has 0 saturated carbocycles. The van der Waals surface area contributed by atoms with E-state index >= 15 is 0 Å². The first-order valence-electron chi connectivity index (χ1n) is 10.3. The molecule has 166 valence electrons. The van der Waals surface area contributed by atoms with E-state index in [9.17, 15) is 19.7 Å². The topological polar surface area (TPSA) is 80.5 Å². The number of ketones is 1. The predicted molar refractivity (Wildman–Crippen MR) is 124 cm³/mol. The van der Waals surface area contributed by atoms with E-state index in [2.05, 4.69) is 0 Å². The Labute approximate surface area is 196 Å². The number of anilines is 1. The Bertz CT molecular complexity index is 1200. The van der Waals surface area contributed by atoms with Gasteiger partial charge in [0.1, 0.15) is 0 Å². The number of Topliss-reactive ketones (excluding diaryl/α,β-unsaturated/α-hetero) is 1. The van der Waals surface area contributed by atoms with Crippen LogP contribution in [0.4, 0.5) is 11.4 Å². The highest BCUT2D eigenvalue weighted by molar-refractivity contribution is 6.35. The number of rotatable bonds is 3. The van der Waals surface area contributed by atoms with E-state index in [1.54, 1.807) is 31.2 Å². The van der Waals surface area contributed by atoms with Gasteiger partial charge in [-0.05, 0) is 42.0 Å². The van der Waals surface area contributed by atoms with Crippen LogP contribution in [0.15, 0.2) is 47.7 Å². The number of nitro benzene ring substituents is 1. The van der Waals surface area contributed by atoms with Gasteiger partial charge >= 0.3 is 0 Å². The summed E-state index contributed by atoms with van der Waals surface area (Å²) in [5, 5.41) is 12.3. The second kappa shape index (κ2) is 8.01. The molecule has 2 aromatic carbocycles. The fourth-order valence-corrected chi connectivity index (χ4v) is 5.24. The van der Waals surface area contributed by atoms with Crippen molar-refractivity contribution in [2.24, 2.45) is 5.41 Å². The highest BCUT2D eigenvalue weighted by Gasteiger charge is 2.45. The van der Waals surface area contributed by atoms with Gasteiger partial charge in [-0.25, -0.2) is 0 Å². The summed E-state index contributed by atoms with van der Waals surface area (Å²) in [7, 11) is 0. The van der Waals surface area contributed by atoms with Crippen LogP contribution in [0.25, 0.3) is 0 Å². The third kappa shape index (κ3) is 3.93. The van der Waals surface area contributed by atoms with E-state index in [4.69, 9.17) is 23.2 Å². The quantitative estimate of drug-likeness (QED) is 0.383. The van der Waals surface area contributed by atoms with E-state index in [0.29, 0.717) is 45.4 Å². The molecule has 0 aromatic heterocycles. The Morgan fingerprint density at radius 3 is 2.47 bits per heavy atom. The smallest absolute Gasteiger partial charge is 0.271 e. The molecule has 2 aromatic rings. The van der Waals surface area contributed by atoms with Gasteiger partial charge in [0, 0.05) is 52.2 Å². The molecule has 1 aliphatic carbocycles. The minimum atomic E-state index is -0.487. The van der Waals surface area contributed by atoms with Crippen molar-refractivity contribution in [3.63, 3.8) is 0 Å². The number of aryl methyl sites for hydroxylation is 1. The van der Waals surface area contributed by atoms with Crippen molar-refractivity contribution < 1.29 is 14.5 Å². The van der Waals surface area contributed by atoms with Gasteiger partial charge in [0.25, 0.3) is 5.69 Å². The van der Waals surface area contributed by atoms with Crippen LogP contribution in [-0.2, 0) is 9.59 Å². The van der Waals surface area contributed by atoms with Gasteiger partial charge in [0.2, 0.25) is 5.91 Å². The molecule has 0 saturated heterocycles. The Hall–Kier alpha value is -2.70. The van der Waals surface area contributed by atoms with Crippen LogP contribution < -0.4 is 4.90 Å². The molecule has 1 aliphatic heterocycles. The Kier molecular flexibility index (Phi) is 5.63. The van der Waals surface area contributed by atoms with Crippen LogP contribution in [0, 0.1) is 22.5 Å². The first kappa shape index (κ1) is 22.5. The summed E-state index contributed by atoms with van der Waals surface area (Å²) in [5.74, 6) is -0.747. The highest BCUT2D eigenvalue weighted by atomic mass is 35.5. The number of non-ortho nitro benzene ring substituents is 1. The SMILES string of the molecule is Cc1ccc([N+](=O)[O-])cc1N1C(=O)CC(c2ccc(Cl)cc2Cl)C2=C1CC(C)(C)CC2=O. The molecule has 1 atom stereocenters. The number of nitrogens with zero attached hydrogens (tertiary/aromatic N) is 2. The number of hydrogen-bond donors (Lipinski definition) is 0. The third-order valence-electron chi connectivity index (χ3n) is 6.13. The van der Waals surface area contributed by atoms with Crippen LogP contribution >= 0.6 is 23.2 Å². The second-order valence-electron chi connectivity index (χ2n) is 9.18. The number of nitro groups is 1. The monoisotopic (exact) mass is 472 g/mol. The number of carbonyl (C=O) groups excluding carboxylic acids is 2. The average Bonchev–Trinajstić information content (AvgIpc) is 2.67. The highest BCUT2D eigenvalue weighted by Crippen LogP contribution is 2.49. The van der Waals surface area contributed by atoms with Crippen molar-refractivity contribution in [2.75, 3.05) is 4.90 Å². The number of carbonyl (C=O) groups is 2. The number of amides is 1. The Morgan fingerprint density at radius 2 is 1.81 bits per heavy atom. The normalized spacial score (nSPS) is 20.4. The van der Waals surface area contributed by atoms with Crippen LogP contribution in [0.1, 0.15) is 50.2 Å². The summed E-state index contributed by atoms with van der Waals surface area (Å²) < 4.78 is 0. The van der Waals surface area contributed by atoms with Gasteiger partial charge in [-0.15, -0.1) is 0 Å². The molecule has 1 heterocycles. The van der Waals surface area contributed by atoms with Gasteiger partial charge in [-0.2, -0.15) is 0 Å². The molecule has 0 radical (unpaired) electrons. The van der Waals surface area contributed by atoms with Crippen molar-refractivity contribution in [3.8, 4) is 0 Å². The van der Waals surface area contributed by atoms with E-state index in [-0.39, 0.29) is 29.2 Å². The summed E-state index contributed by atoms with van der Waals surface area (Å²) >= 11 is 12.5. The summed E-state index contributed by atoms with van der Waals surface area (Å²) in [6.45, 7) is 5.76. The lowest BCUT2D eigenvalue weighted by atomic mass is 9.69. The van der Waals surface area contributed by atoms with E-state index < -0.39 is 10.8 Å². The molecular weight excluding hydrogens is 451 g/mol. The molecule has 0 fully saturated rings. The van der Waals surface area contributed by atoms with E-state index in [1.807, 2.05) is 13.8 Å². The molecular formula is C24H22Cl2N2O4. The number of allylic oxidation sites excluding steroid dienone is 2. The van der Waals surface area contributed by atoms with Crippen molar-refractivity contribution in [3.05, 3.63) is 79.0 Å². The Morgan fingerprint density at radius 1 is 1.09 bits per heavy atom. The van der Waals surface area contributed by atoms with E-state index in [1.165, 1.54) is 17.0 Å². The molecule has 0 spiro atoms. The summed E-state index contributed by atoms with van der Waals surface area (Å²) in [6, 6.07) is 9.50. The van der Waals surface area contributed by atoms with Crippen LogP contribution in [-0.4, -0.2) is 16.6 Å². The van der Waals surface area contributed by atoms with Gasteiger partial charge in [-0.1, -0.05) is 49.2 Å². The fraction of sp³-hybridized carbons (Fsp3) is 0.333. The third-order valence-corrected chi connectivity index (χ3v) is 6.69. The number of benzene rings is 2. The first-order valence-corrected chi connectivity index (χ1v) is 11.0. The molecule has 1 unspecified atom stereocenters. The van der Waals surface area contributed by atoms with Crippen molar-refractivity contribution in [1.29, 1.82) is 0 Å². The molecule has 32 heavy (non-hydrogen) atoms. The van der Waals surface area contributed by atoms with E-state index in [0.717, 1.165) is 5.56 Å². The second-order valence-corrected chi connectivity index (χ2v) is 10.0. The molecule has 4 rings (SSSR count). The lowest BCUT2D eigenvalue weighted by molar-refractivity contribution is -0.384. The van der Waals surface area contributed by atoms with Crippen LogP contribution in [0.3, 0.4) is 0 Å². The zero-order valence-electron chi connectivity index (χ0n) is 17.9. The standard InChI is InChI=1S/C24H22Cl2N2O4/c1-13-4-6-15(28(31)32)9-19(13)27-20-11-24(2,3)12-21(29)23(20)17(10-22(27)30)16-7-5-14(25)8-18(16)26/h4-9,17H,10-12H2,1-3H3. The van der Waals surface area contributed by atoms with Gasteiger partial charge in [-0.3, -0.25) is 24.6 Å².